The topological polar surface area (TPSA) is 135 Å². The number of rotatable bonds is 35. The Morgan fingerprint density at radius 1 is 0.611 bits per heavy atom. The third kappa shape index (κ3) is 27.5. The van der Waals surface area contributed by atoms with Gasteiger partial charge in [0.25, 0.3) is 0 Å². The summed E-state index contributed by atoms with van der Waals surface area (Å²) in [6.45, 7) is 4.37. The fourth-order valence-corrected chi connectivity index (χ4v) is 6.06. The van der Waals surface area contributed by atoms with E-state index in [1.54, 1.807) is 0 Å². The Morgan fingerprint density at radius 2 is 1.13 bits per heavy atom. The van der Waals surface area contributed by atoms with Crippen molar-refractivity contribution in [3.63, 3.8) is 0 Å². The molecule has 0 aromatic carbocycles. The van der Waals surface area contributed by atoms with Gasteiger partial charge in [0.1, 0.15) is 30.5 Å². The van der Waals surface area contributed by atoms with Gasteiger partial charge >= 0.3 is 5.97 Å². The number of carbonyl (C=O) groups excluding carboxylic acids is 1. The minimum Gasteiger partial charge on any atom is -0.457 e. The quantitative estimate of drug-likeness (QED) is 0.0283. The van der Waals surface area contributed by atoms with Crippen molar-refractivity contribution in [1.29, 1.82) is 0 Å². The SMILES string of the molecule is CC/C=C\C/C=C\C/C=C\C/C=C\CCCCCCC(=O)OC(COCCCCCCCC/C=C\CCCCCC)COC1OC(CO)C(O)C(O)C1O. The van der Waals surface area contributed by atoms with Gasteiger partial charge in [-0.15, -0.1) is 0 Å². The van der Waals surface area contributed by atoms with Gasteiger partial charge in [0.05, 0.1) is 19.8 Å². The number of allylic oxidation sites excluding steroid dienone is 10. The molecule has 1 saturated heterocycles. The highest BCUT2D eigenvalue weighted by atomic mass is 16.7. The number of hydrogen-bond donors (Lipinski definition) is 4. The average molecular weight is 763 g/mol. The molecule has 0 spiro atoms. The van der Waals surface area contributed by atoms with Gasteiger partial charge in [-0.3, -0.25) is 4.79 Å². The minimum absolute atomic E-state index is 0.128. The molecule has 0 radical (unpaired) electrons. The van der Waals surface area contributed by atoms with Crippen molar-refractivity contribution in [3.05, 3.63) is 60.8 Å². The molecule has 1 aliphatic heterocycles. The van der Waals surface area contributed by atoms with E-state index in [1.165, 1.54) is 51.4 Å². The van der Waals surface area contributed by atoms with E-state index in [-0.39, 0.29) is 25.6 Å². The van der Waals surface area contributed by atoms with E-state index in [0.29, 0.717) is 6.61 Å². The largest absolute Gasteiger partial charge is 0.457 e. The van der Waals surface area contributed by atoms with Crippen LogP contribution in [0.3, 0.4) is 0 Å². The maximum atomic E-state index is 12.7. The first kappa shape index (κ1) is 49.9. The van der Waals surface area contributed by atoms with Crippen molar-refractivity contribution >= 4 is 5.97 Å². The van der Waals surface area contributed by atoms with Crippen LogP contribution in [-0.4, -0.2) is 89.6 Å². The van der Waals surface area contributed by atoms with Crippen LogP contribution in [0.4, 0.5) is 0 Å². The fraction of sp³-hybridized carbons (Fsp3) is 0.756. The molecule has 0 saturated carbocycles. The molecule has 4 N–H and O–H groups in total. The number of aliphatic hydroxyl groups excluding tert-OH is 4. The van der Waals surface area contributed by atoms with Gasteiger partial charge in [-0.05, 0) is 77.0 Å². The molecule has 1 fully saturated rings. The van der Waals surface area contributed by atoms with Crippen LogP contribution in [-0.2, 0) is 23.7 Å². The zero-order chi connectivity index (χ0) is 39.3. The Morgan fingerprint density at radius 3 is 1.72 bits per heavy atom. The van der Waals surface area contributed by atoms with Crippen molar-refractivity contribution in [1.82, 2.24) is 0 Å². The Balaban J connectivity index is 2.32. The van der Waals surface area contributed by atoms with Gasteiger partial charge in [0, 0.05) is 13.0 Å². The third-order valence-corrected chi connectivity index (χ3v) is 9.42. The molecule has 0 aromatic heterocycles. The second-order valence-electron chi connectivity index (χ2n) is 14.4. The summed E-state index contributed by atoms with van der Waals surface area (Å²) in [6.07, 6.45) is 38.1. The first-order valence-corrected chi connectivity index (χ1v) is 21.4. The van der Waals surface area contributed by atoms with E-state index in [2.05, 4.69) is 74.6 Å². The molecular weight excluding hydrogens is 684 g/mol. The monoisotopic (exact) mass is 763 g/mol. The molecule has 1 aliphatic rings. The summed E-state index contributed by atoms with van der Waals surface area (Å²) < 4.78 is 22.7. The molecule has 0 amide bonds. The predicted octanol–water partition coefficient (Wildman–Crippen LogP) is 9.13. The summed E-state index contributed by atoms with van der Waals surface area (Å²) in [5.74, 6) is -0.341. The summed E-state index contributed by atoms with van der Waals surface area (Å²) in [5, 5.41) is 40.0. The van der Waals surface area contributed by atoms with Gasteiger partial charge in [0.2, 0.25) is 0 Å². The highest BCUT2D eigenvalue weighted by Gasteiger charge is 2.44. The number of ether oxygens (including phenoxy) is 4. The molecular formula is C45H78O9. The first-order valence-electron chi connectivity index (χ1n) is 21.4. The lowest BCUT2D eigenvalue weighted by atomic mass is 9.99. The summed E-state index contributed by atoms with van der Waals surface area (Å²) in [5.41, 5.74) is 0. The van der Waals surface area contributed by atoms with E-state index in [4.69, 9.17) is 18.9 Å². The van der Waals surface area contributed by atoms with Crippen molar-refractivity contribution in [3.8, 4) is 0 Å². The Hall–Kier alpha value is -2.11. The number of carbonyl (C=O) groups is 1. The minimum atomic E-state index is -1.54. The number of aliphatic hydroxyl groups is 4. The van der Waals surface area contributed by atoms with Crippen molar-refractivity contribution in [2.24, 2.45) is 0 Å². The van der Waals surface area contributed by atoms with Crippen LogP contribution >= 0.6 is 0 Å². The predicted molar refractivity (Wildman–Crippen MR) is 219 cm³/mol. The third-order valence-electron chi connectivity index (χ3n) is 9.42. The zero-order valence-corrected chi connectivity index (χ0v) is 34.0. The van der Waals surface area contributed by atoms with Crippen LogP contribution in [0.1, 0.15) is 155 Å². The van der Waals surface area contributed by atoms with Crippen LogP contribution in [0.15, 0.2) is 60.8 Å². The first-order chi connectivity index (χ1) is 26.4. The molecule has 0 aliphatic carbocycles. The number of unbranched alkanes of at least 4 members (excludes halogenated alkanes) is 14. The highest BCUT2D eigenvalue weighted by molar-refractivity contribution is 5.69. The lowest BCUT2D eigenvalue weighted by Crippen LogP contribution is -2.59. The smallest absolute Gasteiger partial charge is 0.306 e. The van der Waals surface area contributed by atoms with Crippen LogP contribution in [0.25, 0.3) is 0 Å². The molecule has 0 bridgehead atoms. The van der Waals surface area contributed by atoms with Gasteiger partial charge in [0.15, 0.2) is 6.29 Å². The number of hydrogen-bond acceptors (Lipinski definition) is 9. The molecule has 312 valence electrons. The second-order valence-corrected chi connectivity index (χ2v) is 14.4. The molecule has 6 unspecified atom stereocenters. The standard InChI is InChI=1S/C45H78O9/c1-3-5-7-9-11-13-15-17-19-20-21-22-24-26-28-30-32-34-41(47)53-39(38-52-45-44(50)43(49)42(48)40(36-46)54-45)37-51-35-33-31-29-27-25-23-18-16-14-12-10-8-6-4-2/h5,7,11,13-14,16-17,19,21-22,39-40,42-46,48-50H,3-4,6,8-10,12,15,18,20,23-38H2,1-2H3/b7-5-,13-11-,16-14-,19-17-,22-21-. The van der Waals surface area contributed by atoms with Gasteiger partial charge in [-0.1, -0.05) is 132 Å². The fourth-order valence-electron chi connectivity index (χ4n) is 6.06. The van der Waals surface area contributed by atoms with E-state index in [1.807, 2.05) is 0 Å². The molecule has 0 aromatic rings. The highest BCUT2D eigenvalue weighted by Crippen LogP contribution is 2.22. The van der Waals surface area contributed by atoms with Gasteiger partial charge < -0.3 is 39.4 Å². The molecule has 9 nitrogen and oxygen atoms in total. The maximum absolute atomic E-state index is 12.7. The lowest BCUT2D eigenvalue weighted by molar-refractivity contribution is -0.305. The molecule has 54 heavy (non-hydrogen) atoms. The zero-order valence-electron chi connectivity index (χ0n) is 34.0. The maximum Gasteiger partial charge on any atom is 0.306 e. The van der Waals surface area contributed by atoms with E-state index in [0.717, 1.165) is 83.5 Å². The Kier molecular flexibility index (Phi) is 33.8. The second kappa shape index (κ2) is 36.5. The van der Waals surface area contributed by atoms with E-state index in [9.17, 15) is 25.2 Å². The van der Waals surface area contributed by atoms with Crippen LogP contribution in [0.2, 0.25) is 0 Å². The Bertz CT molecular complexity index is 1010. The van der Waals surface area contributed by atoms with Crippen molar-refractivity contribution in [2.75, 3.05) is 26.4 Å². The molecule has 1 heterocycles. The molecule has 1 rings (SSSR count). The van der Waals surface area contributed by atoms with Crippen molar-refractivity contribution < 1.29 is 44.2 Å². The normalized spacial score (nSPS) is 21.5. The van der Waals surface area contributed by atoms with Gasteiger partial charge in [-0.25, -0.2) is 0 Å². The van der Waals surface area contributed by atoms with Crippen LogP contribution < -0.4 is 0 Å². The number of esters is 1. The molecule has 9 heteroatoms. The average Bonchev–Trinajstić information content (AvgIpc) is 3.17. The molecule has 6 atom stereocenters. The van der Waals surface area contributed by atoms with Crippen LogP contribution in [0, 0.1) is 0 Å². The summed E-state index contributed by atoms with van der Waals surface area (Å²) in [6, 6.07) is 0. The lowest BCUT2D eigenvalue weighted by Gasteiger charge is -2.39. The van der Waals surface area contributed by atoms with Crippen molar-refractivity contribution in [2.45, 2.75) is 192 Å². The summed E-state index contributed by atoms with van der Waals surface area (Å²) in [4.78, 5) is 12.7. The summed E-state index contributed by atoms with van der Waals surface area (Å²) in [7, 11) is 0. The van der Waals surface area contributed by atoms with E-state index < -0.39 is 43.4 Å². The van der Waals surface area contributed by atoms with E-state index >= 15 is 0 Å². The van der Waals surface area contributed by atoms with Gasteiger partial charge in [-0.2, -0.15) is 0 Å². The van der Waals surface area contributed by atoms with Crippen LogP contribution in [0.5, 0.6) is 0 Å². The summed E-state index contributed by atoms with van der Waals surface area (Å²) >= 11 is 0. The Labute approximate surface area is 328 Å².